The van der Waals surface area contributed by atoms with Crippen LogP contribution in [0.5, 0.6) is 5.75 Å². The van der Waals surface area contributed by atoms with E-state index in [4.69, 9.17) is 17.0 Å². The quantitative estimate of drug-likeness (QED) is 0.648. The molecule has 0 bridgehead atoms. The van der Waals surface area contributed by atoms with Gasteiger partial charge in [0.25, 0.3) is 5.91 Å². The molecule has 3 aliphatic rings. The molecule has 1 N–H and O–H groups in total. The number of hydrogen-bond acceptors (Lipinski definition) is 4. The van der Waals surface area contributed by atoms with Crippen molar-refractivity contribution in [3.63, 3.8) is 0 Å². The predicted octanol–water partition coefficient (Wildman–Crippen LogP) is 2.51. The van der Waals surface area contributed by atoms with Crippen LogP contribution in [0.2, 0.25) is 0 Å². The predicted molar refractivity (Wildman–Crippen MR) is 101 cm³/mol. The second-order valence-electron chi connectivity index (χ2n) is 6.95. The lowest BCUT2D eigenvalue weighted by Crippen LogP contribution is -2.32. The van der Waals surface area contributed by atoms with Crippen LogP contribution in [0.25, 0.3) is 6.08 Å². The summed E-state index contributed by atoms with van der Waals surface area (Å²) in [6.45, 7) is 3.16. The summed E-state index contributed by atoms with van der Waals surface area (Å²) in [5.74, 6) is 0.888. The molecule has 1 aliphatic carbocycles. The summed E-state index contributed by atoms with van der Waals surface area (Å²) >= 11 is 5.31. The van der Waals surface area contributed by atoms with Crippen molar-refractivity contribution in [2.75, 3.05) is 20.2 Å². The van der Waals surface area contributed by atoms with Gasteiger partial charge >= 0.3 is 0 Å². The molecule has 5 nitrogen and oxygen atoms in total. The van der Waals surface area contributed by atoms with Gasteiger partial charge in [-0.15, -0.1) is 0 Å². The third kappa shape index (κ3) is 3.41. The van der Waals surface area contributed by atoms with Crippen molar-refractivity contribution >= 4 is 29.3 Å². The summed E-state index contributed by atoms with van der Waals surface area (Å²) in [5, 5.41) is 3.60. The minimum Gasteiger partial charge on any atom is -0.496 e. The summed E-state index contributed by atoms with van der Waals surface area (Å²) in [7, 11) is 1.70. The highest BCUT2D eigenvalue weighted by molar-refractivity contribution is 7.80. The lowest BCUT2D eigenvalue weighted by atomic mass is 10.1. The van der Waals surface area contributed by atoms with E-state index >= 15 is 0 Å². The van der Waals surface area contributed by atoms with Gasteiger partial charge in [-0.25, -0.2) is 0 Å². The van der Waals surface area contributed by atoms with E-state index in [9.17, 15) is 4.79 Å². The number of thiocarbonyl (C=S) groups is 1. The molecule has 0 atom stereocenters. The fourth-order valence-corrected chi connectivity index (χ4v) is 3.92. The molecule has 25 heavy (non-hydrogen) atoms. The minimum atomic E-state index is -0.00980. The Kier molecular flexibility index (Phi) is 4.48. The number of amides is 1. The first-order valence-electron chi connectivity index (χ1n) is 8.91. The summed E-state index contributed by atoms with van der Waals surface area (Å²) in [5.41, 5.74) is 2.71. The zero-order chi connectivity index (χ0) is 17.4. The van der Waals surface area contributed by atoms with Crippen LogP contribution in [0, 0.1) is 0 Å². The average Bonchev–Trinajstić information content (AvgIpc) is 3.22. The molecule has 1 saturated carbocycles. The third-order valence-electron chi connectivity index (χ3n) is 5.03. The SMILES string of the molecule is COc1ccc(/C=C2/NC(=S)N(C3CC3)C2=O)cc1CN1CCCC1. The van der Waals surface area contributed by atoms with Crippen LogP contribution in [0.15, 0.2) is 23.9 Å². The van der Waals surface area contributed by atoms with Crippen molar-refractivity contribution in [1.29, 1.82) is 0 Å². The van der Waals surface area contributed by atoms with E-state index in [1.54, 1.807) is 12.0 Å². The number of carbonyl (C=O) groups is 1. The Morgan fingerprint density at radius 3 is 2.76 bits per heavy atom. The Hall–Kier alpha value is -1.92. The molecule has 1 aromatic carbocycles. The number of benzene rings is 1. The first-order valence-corrected chi connectivity index (χ1v) is 9.32. The molecular weight excluding hydrogens is 334 g/mol. The molecule has 2 saturated heterocycles. The number of rotatable bonds is 5. The largest absolute Gasteiger partial charge is 0.496 e. The molecule has 6 heteroatoms. The molecule has 2 aliphatic heterocycles. The van der Waals surface area contributed by atoms with Gasteiger partial charge in [-0.05, 0) is 74.8 Å². The van der Waals surface area contributed by atoms with Crippen molar-refractivity contribution in [2.45, 2.75) is 38.3 Å². The Morgan fingerprint density at radius 2 is 2.08 bits per heavy atom. The fraction of sp³-hybridized carbons (Fsp3) is 0.474. The lowest BCUT2D eigenvalue weighted by Gasteiger charge is -2.17. The molecule has 1 aromatic rings. The summed E-state index contributed by atoms with van der Waals surface area (Å²) in [6, 6.07) is 6.37. The van der Waals surface area contributed by atoms with Gasteiger partial charge in [0.1, 0.15) is 11.4 Å². The number of ether oxygens (including phenoxy) is 1. The summed E-state index contributed by atoms with van der Waals surface area (Å²) in [6.07, 6.45) is 6.51. The summed E-state index contributed by atoms with van der Waals surface area (Å²) < 4.78 is 5.52. The summed E-state index contributed by atoms with van der Waals surface area (Å²) in [4.78, 5) is 16.7. The molecular formula is C19H23N3O2S. The Morgan fingerprint density at radius 1 is 1.32 bits per heavy atom. The van der Waals surface area contributed by atoms with Gasteiger partial charge in [-0.1, -0.05) is 6.07 Å². The second-order valence-corrected chi connectivity index (χ2v) is 7.34. The normalized spacial score (nSPS) is 22.8. The van der Waals surface area contributed by atoms with Crippen LogP contribution < -0.4 is 10.1 Å². The number of hydrogen-bond donors (Lipinski definition) is 1. The molecule has 0 radical (unpaired) electrons. The number of nitrogens with one attached hydrogen (secondary N) is 1. The number of methoxy groups -OCH3 is 1. The van der Waals surface area contributed by atoms with Gasteiger partial charge in [0.15, 0.2) is 5.11 Å². The number of carbonyl (C=O) groups excluding carboxylic acids is 1. The molecule has 0 spiro atoms. The van der Waals surface area contributed by atoms with Gasteiger partial charge in [-0.2, -0.15) is 0 Å². The van der Waals surface area contributed by atoms with Crippen LogP contribution >= 0.6 is 12.2 Å². The zero-order valence-electron chi connectivity index (χ0n) is 14.5. The van der Waals surface area contributed by atoms with Gasteiger partial charge in [0, 0.05) is 18.2 Å². The van der Waals surface area contributed by atoms with E-state index in [2.05, 4.69) is 16.3 Å². The average molecular weight is 357 g/mol. The molecule has 1 amide bonds. The topological polar surface area (TPSA) is 44.8 Å². The van der Waals surface area contributed by atoms with Gasteiger partial charge in [0.05, 0.1) is 7.11 Å². The van der Waals surface area contributed by atoms with Crippen molar-refractivity contribution in [1.82, 2.24) is 15.1 Å². The smallest absolute Gasteiger partial charge is 0.276 e. The zero-order valence-corrected chi connectivity index (χ0v) is 15.3. The Balaban J connectivity index is 1.57. The van der Waals surface area contributed by atoms with Crippen LogP contribution in [-0.4, -0.2) is 47.1 Å². The maximum Gasteiger partial charge on any atom is 0.276 e. The van der Waals surface area contributed by atoms with Crippen molar-refractivity contribution in [3.8, 4) is 5.75 Å². The van der Waals surface area contributed by atoms with E-state index in [0.29, 0.717) is 16.9 Å². The number of nitrogens with zero attached hydrogens (tertiary/aromatic N) is 2. The molecule has 132 valence electrons. The third-order valence-corrected chi connectivity index (χ3v) is 5.33. The van der Waals surface area contributed by atoms with Gasteiger partial charge < -0.3 is 10.1 Å². The first-order chi connectivity index (χ1) is 12.2. The Bertz CT molecular complexity index is 736. The van der Waals surface area contributed by atoms with E-state index < -0.39 is 0 Å². The molecule has 2 heterocycles. The molecule has 0 aromatic heterocycles. The highest BCUT2D eigenvalue weighted by Gasteiger charge is 2.41. The monoisotopic (exact) mass is 357 g/mol. The highest BCUT2D eigenvalue weighted by Crippen LogP contribution is 2.31. The van der Waals surface area contributed by atoms with Crippen LogP contribution in [-0.2, 0) is 11.3 Å². The van der Waals surface area contributed by atoms with Gasteiger partial charge in [-0.3, -0.25) is 14.6 Å². The van der Waals surface area contributed by atoms with E-state index in [1.165, 1.54) is 12.8 Å². The van der Waals surface area contributed by atoms with Gasteiger partial charge in [0.2, 0.25) is 0 Å². The van der Waals surface area contributed by atoms with Crippen molar-refractivity contribution in [3.05, 3.63) is 35.0 Å². The fourth-order valence-electron chi connectivity index (χ4n) is 3.57. The number of likely N-dealkylation sites (tertiary alicyclic amines) is 1. The second kappa shape index (κ2) is 6.77. The minimum absolute atomic E-state index is 0.00980. The Labute approximate surface area is 153 Å². The molecule has 0 unspecified atom stereocenters. The molecule has 4 rings (SSSR count). The van der Waals surface area contributed by atoms with Crippen LogP contribution in [0.4, 0.5) is 0 Å². The molecule has 3 fully saturated rings. The van der Waals surface area contributed by atoms with Crippen molar-refractivity contribution in [2.24, 2.45) is 0 Å². The van der Waals surface area contributed by atoms with Crippen LogP contribution in [0.1, 0.15) is 36.8 Å². The van der Waals surface area contributed by atoms with E-state index in [1.807, 2.05) is 18.2 Å². The maximum atomic E-state index is 12.6. The van der Waals surface area contributed by atoms with E-state index in [0.717, 1.165) is 49.4 Å². The van der Waals surface area contributed by atoms with E-state index in [-0.39, 0.29) is 5.91 Å². The van der Waals surface area contributed by atoms with Crippen molar-refractivity contribution < 1.29 is 9.53 Å². The maximum absolute atomic E-state index is 12.6. The lowest BCUT2D eigenvalue weighted by molar-refractivity contribution is -0.122. The highest BCUT2D eigenvalue weighted by atomic mass is 32.1. The van der Waals surface area contributed by atoms with Crippen LogP contribution in [0.3, 0.4) is 0 Å². The standard InChI is InChI=1S/C19H23N3O2S/c1-24-17-7-4-13(10-14(17)12-21-8-2-3-9-21)11-16-18(23)22(15-5-6-15)19(25)20-16/h4,7,10-11,15H,2-3,5-6,8-9,12H2,1H3,(H,20,25)/b16-11+. The first kappa shape index (κ1) is 16.5.